The summed E-state index contributed by atoms with van der Waals surface area (Å²) < 4.78 is 10.2. The molecule has 0 spiro atoms. The molecule has 0 saturated carbocycles. The normalized spacial score (nSPS) is 23.0. The Bertz CT molecular complexity index is 811. The maximum absolute atomic E-state index is 6.18. The molecule has 25 heavy (non-hydrogen) atoms. The average molecular weight is 376 g/mol. The maximum Gasteiger partial charge on any atom is 0.325 e. The van der Waals surface area contributed by atoms with Gasteiger partial charge in [0.1, 0.15) is 0 Å². The highest BCUT2D eigenvalue weighted by Gasteiger charge is 2.31. The lowest BCUT2D eigenvalue weighted by Crippen LogP contribution is -2.51. The van der Waals surface area contributed by atoms with Crippen molar-refractivity contribution in [3.8, 4) is 5.75 Å². The van der Waals surface area contributed by atoms with Gasteiger partial charge in [-0.25, -0.2) is 15.0 Å². The molecule has 0 amide bonds. The van der Waals surface area contributed by atoms with Gasteiger partial charge in [0, 0.05) is 44.8 Å². The van der Waals surface area contributed by atoms with Crippen molar-refractivity contribution in [3.63, 3.8) is 0 Å². The Labute approximate surface area is 150 Å². The quantitative estimate of drug-likeness (QED) is 0.452. The van der Waals surface area contributed by atoms with Gasteiger partial charge in [0.25, 0.3) is 0 Å². The van der Waals surface area contributed by atoms with Gasteiger partial charge in [0.05, 0.1) is 0 Å². The summed E-state index contributed by atoms with van der Waals surface area (Å²) in [7, 11) is 0. The number of piperazine rings is 1. The molecule has 2 aromatic heterocycles. The number of anilines is 2. The fraction of sp³-hybridized carbons (Fsp3) is 0.286. The number of nitrogens with zero attached hydrogens (tertiary/aromatic N) is 6. The van der Waals surface area contributed by atoms with E-state index in [1.165, 1.54) is 0 Å². The van der Waals surface area contributed by atoms with E-state index < -0.39 is 6.57 Å². The van der Waals surface area contributed by atoms with Crippen LogP contribution in [-0.2, 0) is 11.8 Å². The molecule has 1 atom stereocenters. The molecule has 1 unspecified atom stereocenters. The van der Waals surface area contributed by atoms with Crippen LogP contribution in [0.1, 0.15) is 0 Å². The predicted octanol–water partition coefficient (Wildman–Crippen LogP) is 1.04. The standard InChI is InChI=1S/C14H17N8OPS/c15-13(20-24(25)19-12-11(23-24)3-1-4-16-12)21-7-9-22(10-8-21)14-17-5-2-6-18-14/h1-6H,7-10H2,(H3,15,16,19,20,25). The Hall–Kier alpha value is -2.45. The molecule has 3 N–H and O–H groups in total. The second kappa shape index (κ2) is 6.45. The van der Waals surface area contributed by atoms with Gasteiger partial charge in [0.15, 0.2) is 17.5 Å². The van der Waals surface area contributed by atoms with E-state index in [9.17, 15) is 0 Å². The maximum atomic E-state index is 6.18. The van der Waals surface area contributed by atoms with Crippen molar-refractivity contribution >= 4 is 36.1 Å². The van der Waals surface area contributed by atoms with Gasteiger partial charge in [-0.15, -0.1) is 0 Å². The molecule has 0 aliphatic carbocycles. The van der Waals surface area contributed by atoms with Crippen LogP contribution in [0, 0.1) is 0 Å². The van der Waals surface area contributed by atoms with Crippen LogP contribution in [0.15, 0.2) is 41.6 Å². The topological polar surface area (TPSA) is 105 Å². The molecule has 1 saturated heterocycles. The number of nitrogens with two attached hydrogens (primary N) is 1. The van der Waals surface area contributed by atoms with Crippen molar-refractivity contribution in [2.45, 2.75) is 0 Å². The minimum absolute atomic E-state index is 0.386. The van der Waals surface area contributed by atoms with Crippen LogP contribution in [0.3, 0.4) is 0 Å². The monoisotopic (exact) mass is 376 g/mol. The molecule has 4 rings (SSSR count). The first kappa shape index (κ1) is 16.0. The number of hydrogen-bond acceptors (Lipinski definition) is 6. The van der Waals surface area contributed by atoms with Crippen LogP contribution < -0.4 is 20.2 Å². The third-order valence-corrected chi connectivity index (χ3v) is 6.06. The number of aromatic nitrogens is 3. The molecular formula is C14H17N8OPS. The molecule has 2 aromatic rings. The van der Waals surface area contributed by atoms with Crippen LogP contribution in [0.2, 0.25) is 0 Å². The molecule has 2 aliphatic heterocycles. The van der Waals surface area contributed by atoms with E-state index >= 15 is 0 Å². The van der Waals surface area contributed by atoms with E-state index in [2.05, 4.69) is 29.7 Å². The van der Waals surface area contributed by atoms with Crippen molar-refractivity contribution in [2.75, 3.05) is 36.2 Å². The molecule has 2 aliphatic rings. The van der Waals surface area contributed by atoms with E-state index in [1.54, 1.807) is 30.7 Å². The summed E-state index contributed by atoms with van der Waals surface area (Å²) in [6.45, 7) is 0.315. The molecule has 1 fully saturated rings. The van der Waals surface area contributed by atoms with Crippen molar-refractivity contribution in [1.82, 2.24) is 19.9 Å². The van der Waals surface area contributed by atoms with Crippen LogP contribution in [0.5, 0.6) is 5.75 Å². The molecule has 0 aromatic carbocycles. The highest BCUT2D eigenvalue weighted by Crippen LogP contribution is 2.56. The van der Waals surface area contributed by atoms with E-state index in [-0.39, 0.29) is 0 Å². The molecule has 9 nitrogen and oxygen atoms in total. The Kier molecular flexibility index (Phi) is 4.14. The van der Waals surface area contributed by atoms with Crippen LogP contribution in [-0.4, -0.2) is 52.0 Å². The van der Waals surface area contributed by atoms with Gasteiger partial charge in [-0.2, -0.15) is 4.76 Å². The second-order valence-corrected chi connectivity index (χ2v) is 8.69. The molecule has 11 heteroatoms. The number of rotatable bonds is 2. The lowest BCUT2D eigenvalue weighted by atomic mass is 10.3. The minimum Gasteiger partial charge on any atom is -0.428 e. The lowest BCUT2D eigenvalue weighted by molar-refractivity contribution is 0.380. The van der Waals surface area contributed by atoms with Crippen molar-refractivity contribution < 1.29 is 4.52 Å². The van der Waals surface area contributed by atoms with E-state index in [0.29, 0.717) is 30.6 Å². The fourth-order valence-corrected chi connectivity index (χ4v) is 4.81. The van der Waals surface area contributed by atoms with Crippen LogP contribution in [0.4, 0.5) is 11.8 Å². The third-order valence-electron chi connectivity index (χ3n) is 3.91. The summed E-state index contributed by atoms with van der Waals surface area (Å²) in [4.78, 5) is 16.9. The van der Waals surface area contributed by atoms with Gasteiger partial charge in [0.2, 0.25) is 5.95 Å². The molecule has 0 bridgehead atoms. The third kappa shape index (κ3) is 3.35. The van der Waals surface area contributed by atoms with Crippen molar-refractivity contribution in [1.29, 1.82) is 0 Å². The van der Waals surface area contributed by atoms with Gasteiger partial charge in [-0.05, 0) is 30.0 Å². The van der Waals surface area contributed by atoms with Gasteiger partial charge in [-0.1, -0.05) is 0 Å². The number of nitrogens with one attached hydrogen (secondary N) is 1. The number of guanidine groups is 1. The summed E-state index contributed by atoms with van der Waals surface area (Å²) in [5, 5.41) is 3.08. The van der Waals surface area contributed by atoms with E-state index in [0.717, 1.165) is 19.0 Å². The first-order chi connectivity index (χ1) is 12.1. The first-order valence-corrected chi connectivity index (χ1v) is 10.5. The highest BCUT2D eigenvalue weighted by molar-refractivity contribution is 8.12. The fourth-order valence-electron chi connectivity index (χ4n) is 2.67. The predicted molar refractivity (Wildman–Crippen MR) is 100 cm³/mol. The van der Waals surface area contributed by atoms with Crippen molar-refractivity contribution in [3.05, 3.63) is 36.8 Å². The van der Waals surface area contributed by atoms with E-state index in [4.69, 9.17) is 22.1 Å². The highest BCUT2D eigenvalue weighted by atomic mass is 32.4. The Morgan fingerprint density at radius 1 is 1.16 bits per heavy atom. The minimum atomic E-state index is -2.64. The SMILES string of the molecule is N/C(=N\P1(=S)Nc2ncccc2O1)N1CCN(c2ncccn2)CC1. The molecule has 0 radical (unpaired) electrons. The summed E-state index contributed by atoms with van der Waals surface area (Å²) >= 11 is 5.53. The zero-order valence-electron chi connectivity index (χ0n) is 13.3. The summed E-state index contributed by atoms with van der Waals surface area (Å²) in [6, 6.07) is 5.41. The first-order valence-electron chi connectivity index (χ1n) is 7.78. The summed E-state index contributed by atoms with van der Waals surface area (Å²) in [5.74, 6) is 2.35. The smallest absolute Gasteiger partial charge is 0.325 e. The number of hydrogen-bond donors (Lipinski definition) is 2. The average Bonchev–Trinajstić information content (AvgIpc) is 2.98. The number of pyridine rings is 1. The molecule has 130 valence electrons. The Balaban J connectivity index is 1.42. The van der Waals surface area contributed by atoms with Crippen LogP contribution >= 0.6 is 6.57 Å². The molecular weight excluding hydrogens is 359 g/mol. The number of fused-ring (bicyclic) bond motifs is 1. The van der Waals surface area contributed by atoms with E-state index in [1.807, 2.05) is 11.0 Å². The summed E-state index contributed by atoms with van der Waals surface area (Å²) in [6.07, 6.45) is 5.16. The van der Waals surface area contributed by atoms with Gasteiger partial charge < -0.3 is 20.1 Å². The largest absolute Gasteiger partial charge is 0.428 e. The van der Waals surface area contributed by atoms with Gasteiger partial charge in [-0.3, -0.25) is 5.09 Å². The van der Waals surface area contributed by atoms with Gasteiger partial charge >= 0.3 is 6.57 Å². The Morgan fingerprint density at radius 3 is 2.60 bits per heavy atom. The molecule has 4 heterocycles. The lowest BCUT2D eigenvalue weighted by Gasteiger charge is -2.35. The Morgan fingerprint density at radius 2 is 1.88 bits per heavy atom. The zero-order chi connectivity index (χ0) is 17.3. The summed E-state index contributed by atoms with van der Waals surface area (Å²) in [5.41, 5.74) is 6.18. The second-order valence-electron chi connectivity index (χ2n) is 5.55. The van der Waals surface area contributed by atoms with Crippen LogP contribution in [0.25, 0.3) is 0 Å². The zero-order valence-corrected chi connectivity index (χ0v) is 15.0. The van der Waals surface area contributed by atoms with Crippen molar-refractivity contribution in [2.24, 2.45) is 10.5 Å².